The molecule has 25 heavy (non-hydrogen) atoms. The standard InChI is InChI=1S/C12H22N4O.2C2H4O2/c1-3-11-14-12(16(4-2)15-11)8-5-6-10(17)9(13)7-8;2*1-2(3)4/h8-10,17H,3-7,13H2,1-2H3;2*1H3,(H,3,4)/t8-,9+,10+;;/m0../s1. The fourth-order valence-electron chi connectivity index (χ4n) is 2.51. The van der Waals surface area contributed by atoms with Gasteiger partial charge >= 0.3 is 0 Å². The van der Waals surface area contributed by atoms with Crippen LogP contribution in [-0.4, -0.2) is 54.2 Å². The number of hydrogen-bond acceptors (Lipinski definition) is 6. The maximum absolute atomic E-state index is 9.65. The molecule has 1 aromatic rings. The Labute approximate surface area is 147 Å². The summed E-state index contributed by atoms with van der Waals surface area (Å²) in [7, 11) is 0. The van der Waals surface area contributed by atoms with Gasteiger partial charge in [0, 0.05) is 38.8 Å². The quantitative estimate of drug-likeness (QED) is 0.624. The Morgan fingerprint density at radius 3 is 2.12 bits per heavy atom. The summed E-state index contributed by atoms with van der Waals surface area (Å²) in [5, 5.41) is 29.0. The van der Waals surface area contributed by atoms with E-state index in [1.165, 1.54) is 0 Å². The highest BCUT2D eigenvalue weighted by Gasteiger charge is 2.30. The summed E-state index contributed by atoms with van der Waals surface area (Å²) < 4.78 is 1.98. The van der Waals surface area contributed by atoms with E-state index in [9.17, 15) is 5.11 Å². The first-order valence-electron chi connectivity index (χ1n) is 8.38. The van der Waals surface area contributed by atoms with Crippen LogP contribution in [0.1, 0.15) is 64.5 Å². The number of aliphatic carboxylic acids is 2. The normalized spacial score (nSPS) is 22.1. The van der Waals surface area contributed by atoms with Crippen molar-refractivity contribution in [1.82, 2.24) is 14.8 Å². The largest absolute Gasteiger partial charge is 0.481 e. The molecule has 1 saturated carbocycles. The number of aliphatic hydroxyl groups is 1. The van der Waals surface area contributed by atoms with E-state index in [4.69, 9.17) is 25.5 Å². The average molecular weight is 358 g/mol. The van der Waals surface area contributed by atoms with Gasteiger partial charge in [0.2, 0.25) is 0 Å². The zero-order valence-corrected chi connectivity index (χ0v) is 15.3. The van der Waals surface area contributed by atoms with E-state index in [0.29, 0.717) is 5.92 Å². The number of aliphatic hydroxyl groups excluding tert-OH is 1. The number of aryl methyl sites for hydroxylation is 2. The molecule has 0 unspecified atom stereocenters. The number of rotatable bonds is 3. The molecule has 5 N–H and O–H groups in total. The van der Waals surface area contributed by atoms with Crippen molar-refractivity contribution in [1.29, 1.82) is 0 Å². The molecule has 2 rings (SSSR count). The smallest absolute Gasteiger partial charge is 0.300 e. The molecule has 0 aromatic carbocycles. The lowest BCUT2D eigenvalue weighted by atomic mass is 9.83. The van der Waals surface area contributed by atoms with Crippen molar-refractivity contribution in [3.63, 3.8) is 0 Å². The zero-order valence-electron chi connectivity index (χ0n) is 15.3. The lowest BCUT2D eigenvalue weighted by Crippen LogP contribution is -2.40. The van der Waals surface area contributed by atoms with Crippen molar-refractivity contribution >= 4 is 11.9 Å². The van der Waals surface area contributed by atoms with E-state index >= 15 is 0 Å². The van der Waals surface area contributed by atoms with Crippen molar-refractivity contribution in [2.75, 3.05) is 0 Å². The molecule has 1 fully saturated rings. The minimum atomic E-state index is -0.833. The Bertz CT molecular complexity index is 527. The van der Waals surface area contributed by atoms with Crippen molar-refractivity contribution in [3.05, 3.63) is 11.6 Å². The van der Waals surface area contributed by atoms with Crippen molar-refractivity contribution in [2.45, 2.75) is 78.0 Å². The third-order valence-corrected chi connectivity index (χ3v) is 3.59. The van der Waals surface area contributed by atoms with E-state index < -0.39 is 11.9 Å². The van der Waals surface area contributed by atoms with Crippen LogP contribution in [-0.2, 0) is 22.6 Å². The fourth-order valence-corrected chi connectivity index (χ4v) is 2.51. The topological polar surface area (TPSA) is 152 Å². The van der Waals surface area contributed by atoms with Gasteiger partial charge in [-0.05, 0) is 26.2 Å². The highest BCUT2D eigenvalue weighted by Crippen LogP contribution is 2.31. The van der Waals surface area contributed by atoms with E-state index in [2.05, 4.69) is 23.9 Å². The van der Waals surface area contributed by atoms with E-state index in [1.54, 1.807) is 0 Å². The molecule has 1 aliphatic rings. The molecular formula is C16H30N4O5. The summed E-state index contributed by atoms with van der Waals surface area (Å²) in [5.41, 5.74) is 5.93. The first-order chi connectivity index (χ1) is 11.6. The summed E-state index contributed by atoms with van der Waals surface area (Å²) in [6.45, 7) is 7.15. The minimum Gasteiger partial charge on any atom is -0.481 e. The van der Waals surface area contributed by atoms with Crippen LogP contribution in [0.25, 0.3) is 0 Å². The fraction of sp³-hybridized carbons (Fsp3) is 0.750. The first kappa shape index (κ1) is 23.0. The monoisotopic (exact) mass is 358 g/mol. The Morgan fingerprint density at radius 2 is 1.72 bits per heavy atom. The van der Waals surface area contributed by atoms with Crippen LogP contribution in [0.3, 0.4) is 0 Å². The number of carboxylic acids is 2. The summed E-state index contributed by atoms with van der Waals surface area (Å²) in [4.78, 5) is 22.6. The van der Waals surface area contributed by atoms with Gasteiger partial charge in [-0.25, -0.2) is 9.67 Å². The number of aromatic nitrogens is 3. The zero-order chi connectivity index (χ0) is 19.6. The van der Waals surface area contributed by atoms with Crippen molar-refractivity contribution < 1.29 is 24.9 Å². The number of carboxylic acid groups (broad SMARTS) is 2. The van der Waals surface area contributed by atoms with E-state index in [-0.39, 0.29) is 12.1 Å². The molecule has 0 amide bonds. The van der Waals surface area contributed by atoms with Crippen LogP contribution >= 0.6 is 0 Å². The molecule has 0 bridgehead atoms. The molecule has 1 aliphatic carbocycles. The van der Waals surface area contributed by atoms with E-state index in [0.717, 1.165) is 57.7 Å². The maximum Gasteiger partial charge on any atom is 0.300 e. The molecule has 1 heterocycles. The number of carbonyl (C=O) groups is 2. The Kier molecular flexibility index (Phi) is 10.6. The highest BCUT2D eigenvalue weighted by atomic mass is 16.4. The van der Waals surface area contributed by atoms with Crippen LogP contribution in [0, 0.1) is 0 Å². The highest BCUT2D eigenvalue weighted by molar-refractivity contribution is 5.63. The van der Waals surface area contributed by atoms with Gasteiger partial charge in [-0.2, -0.15) is 5.10 Å². The van der Waals surface area contributed by atoms with Gasteiger partial charge in [0.1, 0.15) is 5.82 Å². The molecule has 9 nitrogen and oxygen atoms in total. The molecule has 0 saturated heterocycles. The number of hydrogen-bond donors (Lipinski definition) is 4. The first-order valence-corrected chi connectivity index (χ1v) is 8.38. The predicted octanol–water partition coefficient (Wildman–Crippen LogP) is 0.998. The molecule has 0 radical (unpaired) electrons. The van der Waals surface area contributed by atoms with Crippen LogP contribution in [0.2, 0.25) is 0 Å². The van der Waals surface area contributed by atoms with Gasteiger partial charge in [0.15, 0.2) is 5.82 Å². The summed E-state index contributed by atoms with van der Waals surface area (Å²) in [5.74, 6) is 0.634. The Morgan fingerprint density at radius 1 is 1.20 bits per heavy atom. The third kappa shape index (κ3) is 9.16. The second-order valence-corrected chi connectivity index (χ2v) is 5.83. The third-order valence-electron chi connectivity index (χ3n) is 3.59. The molecule has 0 aliphatic heterocycles. The van der Waals surface area contributed by atoms with Crippen LogP contribution in [0.5, 0.6) is 0 Å². The molecule has 1 aromatic heterocycles. The summed E-state index contributed by atoms with van der Waals surface area (Å²) in [6.07, 6.45) is 3.04. The summed E-state index contributed by atoms with van der Waals surface area (Å²) >= 11 is 0. The predicted molar refractivity (Wildman–Crippen MR) is 92.3 cm³/mol. The van der Waals surface area contributed by atoms with Crippen LogP contribution in [0.15, 0.2) is 0 Å². The molecule has 9 heteroatoms. The summed E-state index contributed by atoms with van der Waals surface area (Å²) in [6, 6.07) is -0.124. The number of nitrogens with two attached hydrogens (primary N) is 1. The van der Waals surface area contributed by atoms with Gasteiger partial charge in [-0.15, -0.1) is 0 Å². The van der Waals surface area contributed by atoms with Crippen LogP contribution < -0.4 is 5.73 Å². The van der Waals surface area contributed by atoms with Gasteiger partial charge in [-0.1, -0.05) is 6.92 Å². The second-order valence-electron chi connectivity index (χ2n) is 5.83. The SMILES string of the molecule is CC(=O)O.CC(=O)O.CCc1nc([C@H]2CC[C@@H](O)[C@H](N)C2)n(CC)n1. The second kappa shape index (κ2) is 11.5. The lowest BCUT2D eigenvalue weighted by Gasteiger charge is -2.30. The van der Waals surface area contributed by atoms with E-state index in [1.807, 2.05) is 4.68 Å². The molecule has 3 atom stereocenters. The van der Waals surface area contributed by atoms with Gasteiger partial charge in [0.05, 0.1) is 6.10 Å². The molecular weight excluding hydrogens is 328 g/mol. The van der Waals surface area contributed by atoms with Gasteiger partial charge in [0.25, 0.3) is 11.9 Å². The van der Waals surface area contributed by atoms with Crippen molar-refractivity contribution in [2.24, 2.45) is 5.73 Å². The van der Waals surface area contributed by atoms with Gasteiger partial charge in [-0.3, -0.25) is 9.59 Å². The van der Waals surface area contributed by atoms with Crippen LogP contribution in [0.4, 0.5) is 0 Å². The Hall–Kier alpha value is -2.00. The van der Waals surface area contributed by atoms with Crippen molar-refractivity contribution in [3.8, 4) is 0 Å². The number of nitrogens with zero attached hydrogens (tertiary/aromatic N) is 3. The average Bonchev–Trinajstić information content (AvgIpc) is 2.92. The maximum atomic E-state index is 9.65. The Balaban J connectivity index is 0.000000609. The van der Waals surface area contributed by atoms with Gasteiger partial charge < -0.3 is 21.1 Å². The lowest BCUT2D eigenvalue weighted by molar-refractivity contribution is -0.135. The molecule has 144 valence electrons. The molecule has 0 spiro atoms. The minimum absolute atomic E-state index is 0.124.